The Balaban J connectivity index is 1.95. The van der Waals surface area contributed by atoms with Gasteiger partial charge in [0.25, 0.3) is 0 Å². The number of anilines is 1. The summed E-state index contributed by atoms with van der Waals surface area (Å²) in [6, 6.07) is 7.82. The van der Waals surface area contributed by atoms with Crippen LogP contribution in [0.2, 0.25) is 5.02 Å². The third-order valence-corrected chi connectivity index (χ3v) is 4.65. The minimum Gasteiger partial charge on any atom is -0.381 e. The molecule has 1 fully saturated rings. The van der Waals surface area contributed by atoms with Crippen LogP contribution in [0.25, 0.3) is 0 Å². The average Bonchev–Trinajstić information content (AvgIpc) is 2.75. The third kappa shape index (κ3) is 2.27. The smallest absolute Gasteiger partial charge is 0.196 e. The monoisotopic (exact) mass is 293 g/mol. The molecule has 0 saturated heterocycles. The van der Waals surface area contributed by atoms with Gasteiger partial charge in [-0.25, -0.2) is 0 Å². The number of ether oxygens (including phenoxy) is 1. The summed E-state index contributed by atoms with van der Waals surface area (Å²) in [5.41, 5.74) is 7.12. The number of nitrogens with two attached hydrogens (primary N) is 1. The number of hydrogen-bond donors (Lipinski definition) is 1. The number of hydrogen-bond acceptors (Lipinski definition) is 4. The van der Waals surface area contributed by atoms with Crippen molar-refractivity contribution >= 4 is 23.2 Å². The molecule has 0 bridgehead atoms. The molecule has 1 aromatic carbocycles. The number of benzene rings is 1. The Kier molecular flexibility index (Phi) is 3.61. The van der Waals surface area contributed by atoms with E-state index in [1.807, 2.05) is 24.3 Å². The normalized spacial score (nSPS) is 29.8. The van der Waals surface area contributed by atoms with E-state index in [1.54, 1.807) is 7.11 Å². The largest absolute Gasteiger partial charge is 0.381 e. The van der Waals surface area contributed by atoms with Crippen LogP contribution in [-0.4, -0.2) is 31.3 Å². The van der Waals surface area contributed by atoms with Gasteiger partial charge in [-0.2, -0.15) is 0 Å². The van der Waals surface area contributed by atoms with Crippen molar-refractivity contribution < 1.29 is 4.74 Å². The lowest BCUT2D eigenvalue weighted by molar-refractivity contribution is 0.0459. The Morgan fingerprint density at radius 3 is 3.10 bits per heavy atom. The Hall–Kier alpha value is -1.26. The molecule has 1 aromatic rings. The molecule has 0 radical (unpaired) electrons. The van der Waals surface area contributed by atoms with Gasteiger partial charge in [-0.15, -0.1) is 0 Å². The summed E-state index contributed by atoms with van der Waals surface area (Å²) in [4.78, 5) is 6.65. The third-order valence-electron chi connectivity index (χ3n) is 4.41. The minimum atomic E-state index is -0.0479. The van der Waals surface area contributed by atoms with Crippen LogP contribution in [0, 0.1) is 0 Å². The summed E-state index contributed by atoms with van der Waals surface area (Å²) in [7, 11) is 1.78. The Labute approximate surface area is 124 Å². The number of rotatable bonds is 2. The molecular weight excluding hydrogens is 274 g/mol. The highest BCUT2D eigenvalue weighted by Gasteiger charge is 2.46. The predicted octanol–water partition coefficient (Wildman–Crippen LogP) is 2.80. The molecule has 1 aliphatic carbocycles. The van der Waals surface area contributed by atoms with Crippen LogP contribution in [0.1, 0.15) is 25.7 Å². The van der Waals surface area contributed by atoms with Crippen molar-refractivity contribution in [2.24, 2.45) is 10.7 Å². The van der Waals surface area contributed by atoms with Gasteiger partial charge in [-0.05, 0) is 43.9 Å². The molecule has 2 atom stereocenters. The van der Waals surface area contributed by atoms with Gasteiger partial charge in [0, 0.05) is 17.8 Å². The minimum absolute atomic E-state index is 0.0479. The van der Waals surface area contributed by atoms with Gasteiger partial charge in [0.1, 0.15) is 0 Å². The Bertz CT molecular complexity index is 534. The molecule has 0 amide bonds. The van der Waals surface area contributed by atoms with E-state index in [-0.39, 0.29) is 11.6 Å². The van der Waals surface area contributed by atoms with Crippen molar-refractivity contribution in [1.29, 1.82) is 0 Å². The first-order valence-corrected chi connectivity index (χ1v) is 7.41. The molecule has 1 spiro atoms. The SMILES string of the molecule is COC1CCCC2(CN=C(N)N2c2cccc(Cl)c2)C1. The second-order valence-corrected chi connectivity index (χ2v) is 6.10. The molecular formula is C15H20ClN3O. The van der Waals surface area contributed by atoms with Gasteiger partial charge in [0.15, 0.2) is 5.96 Å². The zero-order chi connectivity index (χ0) is 14.2. The van der Waals surface area contributed by atoms with E-state index in [0.29, 0.717) is 5.96 Å². The second kappa shape index (κ2) is 5.26. The summed E-state index contributed by atoms with van der Waals surface area (Å²) in [5, 5.41) is 0.719. The van der Waals surface area contributed by atoms with Crippen LogP contribution in [0.15, 0.2) is 29.3 Å². The van der Waals surface area contributed by atoms with Gasteiger partial charge >= 0.3 is 0 Å². The average molecular weight is 294 g/mol. The number of guanidine groups is 1. The van der Waals surface area contributed by atoms with Crippen molar-refractivity contribution in [2.45, 2.75) is 37.3 Å². The van der Waals surface area contributed by atoms with E-state index >= 15 is 0 Å². The summed E-state index contributed by atoms with van der Waals surface area (Å²) in [6.07, 6.45) is 4.58. The zero-order valence-corrected chi connectivity index (χ0v) is 12.4. The van der Waals surface area contributed by atoms with E-state index in [1.165, 1.54) is 0 Å². The first-order chi connectivity index (χ1) is 9.64. The molecule has 4 nitrogen and oxygen atoms in total. The summed E-state index contributed by atoms with van der Waals surface area (Å²) >= 11 is 6.12. The number of methoxy groups -OCH3 is 1. The van der Waals surface area contributed by atoms with Gasteiger partial charge in [0.2, 0.25) is 0 Å². The van der Waals surface area contributed by atoms with Crippen molar-refractivity contribution in [1.82, 2.24) is 0 Å². The summed E-state index contributed by atoms with van der Waals surface area (Å²) in [6.45, 7) is 0.741. The maximum absolute atomic E-state index is 6.15. The molecule has 108 valence electrons. The maximum atomic E-state index is 6.15. The quantitative estimate of drug-likeness (QED) is 0.912. The lowest BCUT2D eigenvalue weighted by Crippen LogP contribution is -2.55. The van der Waals surface area contributed by atoms with Crippen LogP contribution in [0.3, 0.4) is 0 Å². The standard InChI is InChI=1S/C15H20ClN3O/c1-20-13-6-3-7-15(9-13)10-18-14(17)19(15)12-5-2-4-11(16)8-12/h2,4-5,8,13H,3,6-7,9-10H2,1H3,(H2,17,18). The highest BCUT2D eigenvalue weighted by atomic mass is 35.5. The lowest BCUT2D eigenvalue weighted by Gasteiger charge is -2.44. The molecule has 2 unspecified atom stereocenters. The number of aliphatic imine (C=N–C) groups is 1. The summed E-state index contributed by atoms with van der Waals surface area (Å²) < 4.78 is 5.58. The van der Waals surface area contributed by atoms with E-state index in [0.717, 1.165) is 42.9 Å². The van der Waals surface area contributed by atoms with Crippen molar-refractivity contribution in [3.8, 4) is 0 Å². The van der Waals surface area contributed by atoms with E-state index in [9.17, 15) is 0 Å². The topological polar surface area (TPSA) is 50.9 Å². The zero-order valence-electron chi connectivity index (χ0n) is 11.7. The van der Waals surface area contributed by atoms with Crippen LogP contribution >= 0.6 is 11.6 Å². The van der Waals surface area contributed by atoms with Crippen molar-refractivity contribution in [3.63, 3.8) is 0 Å². The van der Waals surface area contributed by atoms with Crippen LogP contribution in [-0.2, 0) is 4.74 Å². The lowest BCUT2D eigenvalue weighted by atomic mass is 9.79. The number of halogens is 1. The van der Waals surface area contributed by atoms with Crippen LogP contribution in [0.4, 0.5) is 5.69 Å². The fourth-order valence-corrected chi connectivity index (χ4v) is 3.65. The van der Waals surface area contributed by atoms with E-state index in [2.05, 4.69) is 9.89 Å². The summed E-state index contributed by atoms with van der Waals surface area (Å²) in [5.74, 6) is 0.587. The molecule has 20 heavy (non-hydrogen) atoms. The first kappa shape index (κ1) is 13.7. The van der Waals surface area contributed by atoms with Crippen molar-refractivity contribution in [3.05, 3.63) is 29.3 Å². The van der Waals surface area contributed by atoms with E-state index in [4.69, 9.17) is 22.1 Å². The number of nitrogens with zero attached hydrogens (tertiary/aromatic N) is 2. The highest BCUT2D eigenvalue weighted by molar-refractivity contribution is 6.31. The molecule has 1 heterocycles. The highest BCUT2D eigenvalue weighted by Crippen LogP contribution is 2.41. The van der Waals surface area contributed by atoms with Gasteiger partial charge in [-0.1, -0.05) is 17.7 Å². The molecule has 2 N–H and O–H groups in total. The Morgan fingerprint density at radius 1 is 1.50 bits per heavy atom. The van der Waals surface area contributed by atoms with Gasteiger partial charge in [-0.3, -0.25) is 4.99 Å². The van der Waals surface area contributed by atoms with Crippen LogP contribution < -0.4 is 10.6 Å². The Morgan fingerprint density at radius 2 is 2.35 bits per heavy atom. The second-order valence-electron chi connectivity index (χ2n) is 5.67. The predicted molar refractivity (Wildman–Crippen MR) is 82.4 cm³/mol. The maximum Gasteiger partial charge on any atom is 0.196 e. The molecule has 0 aromatic heterocycles. The van der Waals surface area contributed by atoms with E-state index < -0.39 is 0 Å². The molecule has 5 heteroatoms. The van der Waals surface area contributed by atoms with Crippen LogP contribution in [0.5, 0.6) is 0 Å². The molecule has 2 aliphatic rings. The molecule has 3 rings (SSSR count). The molecule has 1 aliphatic heterocycles. The fraction of sp³-hybridized carbons (Fsp3) is 0.533. The molecule has 1 saturated carbocycles. The first-order valence-electron chi connectivity index (χ1n) is 7.03. The van der Waals surface area contributed by atoms with Crippen molar-refractivity contribution in [2.75, 3.05) is 18.6 Å². The fourth-order valence-electron chi connectivity index (χ4n) is 3.47. The van der Waals surface area contributed by atoms with Gasteiger partial charge in [0.05, 0.1) is 18.2 Å². The van der Waals surface area contributed by atoms with Gasteiger partial charge < -0.3 is 15.4 Å².